The number of aromatic nitrogens is 1. The van der Waals surface area contributed by atoms with E-state index in [1.165, 1.54) is 16.3 Å². The van der Waals surface area contributed by atoms with E-state index in [9.17, 15) is 4.39 Å². The zero-order chi connectivity index (χ0) is 25.5. The highest BCUT2D eigenvalue weighted by molar-refractivity contribution is 5.90. The molecule has 188 valence electrons. The first-order valence-corrected chi connectivity index (χ1v) is 13.0. The highest BCUT2D eigenvalue weighted by atomic mass is 19.1. The predicted molar refractivity (Wildman–Crippen MR) is 152 cm³/mol. The van der Waals surface area contributed by atoms with Crippen molar-refractivity contribution in [3.8, 4) is 11.3 Å². The molecule has 4 heteroatoms. The molecule has 4 N–H and O–H groups in total. The molecule has 0 fully saturated rings. The van der Waals surface area contributed by atoms with Gasteiger partial charge in [0.1, 0.15) is 6.17 Å². The summed E-state index contributed by atoms with van der Waals surface area (Å²) in [5.41, 5.74) is 12.5. The largest absolute Gasteiger partial charge is 0.405 e. The fourth-order valence-corrected chi connectivity index (χ4v) is 4.62. The molecular weight excluding hydrogens is 445 g/mol. The SMILES string of the molecule is CCC(C)/C(=C/C=C\N)CNC(C)c1ccc(-c2ccc3ccc(C4=CCC(F)CC=C4)cc3c2)[nH]1. The van der Waals surface area contributed by atoms with Crippen LogP contribution >= 0.6 is 0 Å². The average Bonchev–Trinajstić information content (AvgIpc) is 3.30. The number of H-pyrrole nitrogens is 1. The van der Waals surface area contributed by atoms with Gasteiger partial charge in [0.05, 0.1) is 0 Å². The van der Waals surface area contributed by atoms with Gasteiger partial charge in [-0.25, -0.2) is 4.39 Å². The maximum absolute atomic E-state index is 13.8. The Morgan fingerprint density at radius 1 is 1.08 bits per heavy atom. The molecule has 0 amide bonds. The van der Waals surface area contributed by atoms with Gasteiger partial charge in [-0.15, -0.1) is 0 Å². The molecule has 2 aromatic carbocycles. The summed E-state index contributed by atoms with van der Waals surface area (Å²) in [6.07, 6.45) is 12.9. The molecule has 1 aromatic heterocycles. The fourth-order valence-electron chi connectivity index (χ4n) is 4.62. The summed E-state index contributed by atoms with van der Waals surface area (Å²) in [6.45, 7) is 7.47. The van der Waals surface area contributed by atoms with E-state index in [0.29, 0.717) is 18.8 Å². The van der Waals surface area contributed by atoms with Crippen molar-refractivity contribution in [2.75, 3.05) is 6.54 Å². The highest BCUT2D eigenvalue weighted by Gasteiger charge is 2.13. The minimum atomic E-state index is -0.787. The lowest BCUT2D eigenvalue weighted by molar-refractivity contribution is 0.341. The predicted octanol–water partition coefficient (Wildman–Crippen LogP) is 8.00. The second-order valence-corrected chi connectivity index (χ2v) is 9.77. The van der Waals surface area contributed by atoms with Gasteiger partial charge in [-0.3, -0.25) is 0 Å². The Bertz CT molecular complexity index is 1290. The Kier molecular flexibility index (Phi) is 8.61. The van der Waals surface area contributed by atoms with Crippen molar-refractivity contribution in [2.45, 2.75) is 52.2 Å². The summed E-state index contributed by atoms with van der Waals surface area (Å²) in [7, 11) is 0. The molecule has 0 saturated heterocycles. The van der Waals surface area contributed by atoms with E-state index in [1.54, 1.807) is 6.20 Å². The van der Waals surface area contributed by atoms with E-state index in [-0.39, 0.29) is 6.04 Å². The minimum absolute atomic E-state index is 0.188. The van der Waals surface area contributed by atoms with E-state index in [1.807, 2.05) is 24.3 Å². The molecule has 4 rings (SSSR count). The first-order valence-electron chi connectivity index (χ1n) is 13.0. The topological polar surface area (TPSA) is 53.8 Å². The quantitative estimate of drug-likeness (QED) is 0.270. The van der Waals surface area contributed by atoms with Crippen molar-refractivity contribution >= 4 is 16.3 Å². The summed E-state index contributed by atoms with van der Waals surface area (Å²) < 4.78 is 13.8. The van der Waals surface area contributed by atoms with Crippen LogP contribution in [-0.2, 0) is 0 Å². The first kappa shape index (κ1) is 25.7. The number of benzene rings is 2. The molecule has 0 spiro atoms. The molecule has 1 aliphatic carbocycles. The maximum atomic E-state index is 13.8. The number of nitrogens with one attached hydrogen (secondary N) is 2. The van der Waals surface area contributed by atoms with Crippen LogP contribution in [0.4, 0.5) is 4.39 Å². The van der Waals surface area contributed by atoms with Crippen LogP contribution in [0.5, 0.6) is 0 Å². The van der Waals surface area contributed by atoms with E-state index in [0.717, 1.165) is 41.1 Å². The Morgan fingerprint density at radius 3 is 2.64 bits per heavy atom. The van der Waals surface area contributed by atoms with Crippen LogP contribution in [0.3, 0.4) is 0 Å². The number of fused-ring (bicyclic) bond motifs is 1. The Hall–Kier alpha value is -3.37. The van der Waals surface area contributed by atoms with E-state index in [4.69, 9.17) is 5.73 Å². The van der Waals surface area contributed by atoms with Crippen LogP contribution in [0.2, 0.25) is 0 Å². The number of hydrogen-bond acceptors (Lipinski definition) is 2. The van der Waals surface area contributed by atoms with Gasteiger partial charge < -0.3 is 16.0 Å². The van der Waals surface area contributed by atoms with Gasteiger partial charge in [0.2, 0.25) is 0 Å². The van der Waals surface area contributed by atoms with Gasteiger partial charge in [0.25, 0.3) is 0 Å². The second kappa shape index (κ2) is 12.0. The fraction of sp³-hybridized carbons (Fsp3) is 0.312. The van der Waals surface area contributed by atoms with Crippen molar-refractivity contribution in [1.82, 2.24) is 10.3 Å². The third-order valence-electron chi connectivity index (χ3n) is 7.22. The summed E-state index contributed by atoms with van der Waals surface area (Å²) in [6, 6.07) is 17.5. The van der Waals surface area contributed by atoms with Crippen LogP contribution < -0.4 is 11.1 Å². The molecule has 0 aliphatic heterocycles. The van der Waals surface area contributed by atoms with Crippen LogP contribution in [0.15, 0.2) is 90.7 Å². The highest BCUT2D eigenvalue weighted by Crippen LogP contribution is 2.29. The van der Waals surface area contributed by atoms with Crippen LogP contribution in [0, 0.1) is 5.92 Å². The summed E-state index contributed by atoms with van der Waals surface area (Å²) >= 11 is 0. The molecule has 3 nitrogen and oxygen atoms in total. The average molecular weight is 484 g/mol. The van der Waals surface area contributed by atoms with Gasteiger partial charge in [-0.1, -0.05) is 68.0 Å². The minimum Gasteiger partial charge on any atom is -0.405 e. The molecule has 1 heterocycles. The van der Waals surface area contributed by atoms with Crippen molar-refractivity contribution < 1.29 is 4.39 Å². The number of rotatable bonds is 9. The molecule has 36 heavy (non-hydrogen) atoms. The van der Waals surface area contributed by atoms with Gasteiger partial charge >= 0.3 is 0 Å². The van der Waals surface area contributed by atoms with E-state index < -0.39 is 6.17 Å². The van der Waals surface area contributed by atoms with Gasteiger partial charge in [0.15, 0.2) is 0 Å². The van der Waals surface area contributed by atoms with Gasteiger partial charge in [-0.05, 0) is 96.1 Å². The van der Waals surface area contributed by atoms with E-state index in [2.05, 4.69) is 85.7 Å². The monoisotopic (exact) mass is 483 g/mol. The normalized spacial score (nSPS) is 18.4. The maximum Gasteiger partial charge on any atom is 0.107 e. The molecule has 1 aliphatic rings. The van der Waals surface area contributed by atoms with Gasteiger partial charge in [0, 0.05) is 24.0 Å². The van der Waals surface area contributed by atoms with Crippen LogP contribution in [0.1, 0.15) is 57.3 Å². The zero-order valence-electron chi connectivity index (χ0n) is 21.6. The van der Waals surface area contributed by atoms with Crippen molar-refractivity contribution in [2.24, 2.45) is 11.7 Å². The smallest absolute Gasteiger partial charge is 0.107 e. The molecule has 3 aromatic rings. The number of hydrogen-bond donors (Lipinski definition) is 3. The lowest BCUT2D eigenvalue weighted by Crippen LogP contribution is -2.23. The molecule has 0 bridgehead atoms. The van der Waals surface area contributed by atoms with Crippen molar-refractivity contribution in [3.05, 3.63) is 102 Å². The van der Waals surface area contributed by atoms with Crippen LogP contribution in [0.25, 0.3) is 27.6 Å². The van der Waals surface area contributed by atoms with E-state index >= 15 is 0 Å². The summed E-state index contributed by atoms with van der Waals surface area (Å²) in [5.74, 6) is 0.505. The second-order valence-electron chi connectivity index (χ2n) is 9.77. The third-order valence-corrected chi connectivity index (χ3v) is 7.22. The Balaban J connectivity index is 1.51. The Morgan fingerprint density at radius 2 is 1.86 bits per heavy atom. The molecule has 3 unspecified atom stereocenters. The lowest BCUT2D eigenvalue weighted by atomic mass is 9.97. The van der Waals surface area contributed by atoms with Gasteiger partial charge in [-0.2, -0.15) is 0 Å². The first-order chi connectivity index (χ1) is 17.5. The zero-order valence-corrected chi connectivity index (χ0v) is 21.6. The number of alkyl halides is 1. The standard InChI is InChI=1S/C32H38FN3/c1-4-22(2)28(8-6-18-34)21-35-23(3)31-16-17-32(36-31)27-13-11-25-10-12-26(19-29(25)20-27)24-7-5-9-30(33)15-14-24/h5-8,10-14,16-20,22-23,30,35-36H,4,9,15,21,34H2,1-3H3/b18-6-,28-8+. The Labute approximate surface area is 214 Å². The molecule has 0 radical (unpaired) electrons. The lowest BCUT2D eigenvalue weighted by Gasteiger charge is -2.18. The number of halogens is 1. The van der Waals surface area contributed by atoms with Crippen molar-refractivity contribution in [3.63, 3.8) is 0 Å². The molecular formula is C32H38FN3. The van der Waals surface area contributed by atoms with Crippen molar-refractivity contribution in [1.29, 1.82) is 0 Å². The number of aromatic amines is 1. The number of nitrogens with two attached hydrogens (primary N) is 1. The number of allylic oxidation sites excluding steroid dienone is 6. The summed E-state index contributed by atoms with van der Waals surface area (Å²) in [5, 5.41) is 6.03. The molecule has 3 atom stereocenters. The molecule has 0 saturated carbocycles. The summed E-state index contributed by atoms with van der Waals surface area (Å²) in [4.78, 5) is 3.61. The third kappa shape index (κ3) is 6.24. The van der Waals surface area contributed by atoms with Crippen LogP contribution in [-0.4, -0.2) is 17.7 Å².